The Morgan fingerprint density at radius 1 is 1.32 bits per heavy atom. The van der Waals surface area contributed by atoms with Crippen LogP contribution in [0, 0.1) is 5.41 Å². The molecule has 1 atom stereocenters. The topological polar surface area (TPSA) is 43.4 Å². The van der Waals surface area contributed by atoms with Crippen molar-refractivity contribution in [2.75, 3.05) is 6.61 Å². The summed E-state index contributed by atoms with van der Waals surface area (Å²) in [5.74, 6) is -0.0484. The fraction of sp³-hybridized carbons (Fsp3) is 0.455. The second-order valence-electron chi connectivity index (χ2n) is 6.97. The Kier molecular flexibility index (Phi) is 6.35. The molecule has 0 bridgehead atoms. The Bertz CT molecular complexity index is 667. The average Bonchev–Trinajstić information content (AvgIpc) is 2.59. The third-order valence-electron chi connectivity index (χ3n) is 4.88. The Morgan fingerprint density at radius 3 is 2.56 bits per heavy atom. The predicted molar refractivity (Wildman–Crippen MR) is 101 cm³/mol. The van der Waals surface area contributed by atoms with Crippen molar-refractivity contribution in [3.05, 3.63) is 53.6 Å². The molecule has 1 aromatic carbocycles. The highest BCUT2D eigenvalue weighted by atomic mass is 16.5. The van der Waals surface area contributed by atoms with Gasteiger partial charge in [-0.1, -0.05) is 44.2 Å². The van der Waals surface area contributed by atoms with Gasteiger partial charge in [-0.2, -0.15) is 0 Å². The van der Waals surface area contributed by atoms with Crippen LogP contribution in [0.5, 0.6) is 0 Å². The van der Waals surface area contributed by atoms with Gasteiger partial charge in [-0.15, -0.1) is 6.58 Å². The number of allylic oxidation sites excluding steroid dienone is 2. The molecule has 1 unspecified atom stereocenters. The summed E-state index contributed by atoms with van der Waals surface area (Å²) in [6, 6.07) is 8.24. The van der Waals surface area contributed by atoms with Crippen molar-refractivity contribution in [1.82, 2.24) is 0 Å². The van der Waals surface area contributed by atoms with Crippen LogP contribution in [-0.4, -0.2) is 18.4 Å². The third-order valence-corrected chi connectivity index (χ3v) is 4.88. The van der Waals surface area contributed by atoms with E-state index in [4.69, 9.17) is 4.74 Å². The van der Waals surface area contributed by atoms with Gasteiger partial charge in [0, 0.05) is 0 Å². The lowest BCUT2D eigenvalue weighted by Crippen LogP contribution is -2.43. The van der Waals surface area contributed by atoms with Crippen LogP contribution in [0.2, 0.25) is 0 Å². The highest BCUT2D eigenvalue weighted by Gasteiger charge is 2.48. The van der Waals surface area contributed by atoms with E-state index >= 15 is 0 Å². The molecule has 0 aliphatic heterocycles. The highest BCUT2D eigenvalue weighted by Crippen LogP contribution is 2.41. The van der Waals surface area contributed by atoms with E-state index in [-0.39, 0.29) is 12.4 Å². The molecule has 0 radical (unpaired) electrons. The van der Waals surface area contributed by atoms with Gasteiger partial charge in [0.1, 0.15) is 5.41 Å². The van der Waals surface area contributed by atoms with Crippen molar-refractivity contribution < 1.29 is 14.3 Å². The van der Waals surface area contributed by atoms with E-state index < -0.39 is 11.4 Å². The normalized spacial score (nSPS) is 22.2. The van der Waals surface area contributed by atoms with Crippen LogP contribution in [0.1, 0.15) is 63.5 Å². The van der Waals surface area contributed by atoms with E-state index in [1.54, 1.807) is 13.0 Å². The van der Waals surface area contributed by atoms with Gasteiger partial charge in [0.15, 0.2) is 5.78 Å². The van der Waals surface area contributed by atoms with Crippen molar-refractivity contribution in [1.29, 1.82) is 0 Å². The number of hydrogen-bond acceptors (Lipinski definition) is 3. The maximum atomic E-state index is 13.1. The van der Waals surface area contributed by atoms with Gasteiger partial charge in [-0.25, -0.2) is 0 Å². The molecular formula is C22H28O3. The predicted octanol–water partition coefficient (Wildman–Crippen LogP) is 5.07. The van der Waals surface area contributed by atoms with E-state index in [0.717, 1.165) is 12.0 Å². The number of carbonyl (C=O) groups excluding carboxylic acids is 2. The third kappa shape index (κ3) is 4.09. The summed E-state index contributed by atoms with van der Waals surface area (Å²) in [5, 5.41) is 0. The minimum absolute atomic E-state index is 0.106. The van der Waals surface area contributed by atoms with Gasteiger partial charge in [0.25, 0.3) is 0 Å². The van der Waals surface area contributed by atoms with E-state index in [1.807, 2.05) is 18.2 Å². The first-order valence-electron chi connectivity index (χ1n) is 9.08. The Labute approximate surface area is 150 Å². The minimum atomic E-state index is -1.10. The molecule has 0 heterocycles. The average molecular weight is 340 g/mol. The molecule has 0 amide bonds. The van der Waals surface area contributed by atoms with Crippen molar-refractivity contribution >= 4 is 17.8 Å². The molecule has 1 saturated carbocycles. The summed E-state index contributed by atoms with van der Waals surface area (Å²) < 4.78 is 5.21. The SMILES string of the molecule is C=CCC1(C(=O)OCC)CCC/C(=C\c2ccc(C(C)C)cc2)C1=O. The molecule has 2 rings (SSSR count). The maximum absolute atomic E-state index is 13.1. The highest BCUT2D eigenvalue weighted by molar-refractivity contribution is 6.14. The molecule has 0 spiro atoms. The summed E-state index contributed by atoms with van der Waals surface area (Å²) in [5.41, 5.74) is 1.87. The van der Waals surface area contributed by atoms with Gasteiger partial charge in [0.2, 0.25) is 0 Å². The number of carbonyl (C=O) groups is 2. The molecular weight excluding hydrogens is 312 g/mol. The van der Waals surface area contributed by atoms with Crippen molar-refractivity contribution in [3.8, 4) is 0 Å². The molecule has 0 N–H and O–H groups in total. The summed E-state index contributed by atoms with van der Waals surface area (Å²) >= 11 is 0. The lowest BCUT2D eigenvalue weighted by atomic mass is 9.68. The molecule has 0 saturated heterocycles. The smallest absolute Gasteiger partial charge is 0.320 e. The zero-order valence-electron chi connectivity index (χ0n) is 15.5. The number of hydrogen-bond donors (Lipinski definition) is 0. The number of benzene rings is 1. The number of esters is 1. The second-order valence-corrected chi connectivity index (χ2v) is 6.97. The lowest BCUT2D eigenvalue weighted by Gasteiger charge is -2.33. The van der Waals surface area contributed by atoms with Crippen molar-refractivity contribution in [3.63, 3.8) is 0 Å². The summed E-state index contributed by atoms with van der Waals surface area (Å²) in [6.45, 7) is 10.1. The Balaban J connectivity index is 2.33. The quantitative estimate of drug-likeness (QED) is 0.314. The summed E-state index contributed by atoms with van der Waals surface area (Å²) in [7, 11) is 0. The molecule has 1 aliphatic carbocycles. The molecule has 134 valence electrons. The lowest BCUT2D eigenvalue weighted by molar-refractivity contribution is -0.160. The molecule has 1 aliphatic rings. The van der Waals surface area contributed by atoms with Crippen molar-refractivity contribution in [2.24, 2.45) is 5.41 Å². The summed E-state index contributed by atoms with van der Waals surface area (Å²) in [6.07, 6.45) is 5.92. The summed E-state index contributed by atoms with van der Waals surface area (Å²) in [4.78, 5) is 25.6. The van der Waals surface area contributed by atoms with E-state index in [1.165, 1.54) is 5.56 Å². The zero-order valence-corrected chi connectivity index (χ0v) is 15.5. The van der Waals surface area contributed by atoms with Crippen LogP contribution in [0.3, 0.4) is 0 Å². The Morgan fingerprint density at radius 2 is 2.00 bits per heavy atom. The van der Waals surface area contributed by atoms with Crippen molar-refractivity contribution in [2.45, 2.75) is 52.4 Å². The van der Waals surface area contributed by atoms with E-state index in [9.17, 15) is 9.59 Å². The molecule has 25 heavy (non-hydrogen) atoms. The maximum Gasteiger partial charge on any atom is 0.320 e. The largest absolute Gasteiger partial charge is 0.465 e. The fourth-order valence-corrected chi connectivity index (χ4v) is 3.42. The van der Waals surface area contributed by atoms with Crippen LogP contribution in [-0.2, 0) is 14.3 Å². The van der Waals surface area contributed by atoms with Crippen LogP contribution in [0.15, 0.2) is 42.5 Å². The van der Waals surface area contributed by atoms with Crippen LogP contribution in [0.4, 0.5) is 0 Å². The first-order chi connectivity index (χ1) is 11.9. The monoisotopic (exact) mass is 340 g/mol. The molecule has 1 fully saturated rings. The van der Waals surface area contributed by atoms with E-state index in [2.05, 4.69) is 32.6 Å². The first kappa shape index (κ1) is 19.2. The number of rotatable bonds is 6. The van der Waals surface area contributed by atoms with Crippen LogP contribution in [0.25, 0.3) is 6.08 Å². The van der Waals surface area contributed by atoms with Gasteiger partial charge in [0.05, 0.1) is 6.61 Å². The van der Waals surface area contributed by atoms with Gasteiger partial charge in [-0.3, -0.25) is 9.59 Å². The standard InChI is InChI=1S/C22H28O3/c1-5-13-22(21(24)25-6-2)14-7-8-19(20(22)23)15-17-9-11-18(12-10-17)16(3)4/h5,9-12,15-16H,1,6-8,13-14H2,2-4H3/b19-15+. The molecule has 3 heteroatoms. The molecule has 0 aromatic heterocycles. The van der Waals surface area contributed by atoms with Crippen LogP contribution < -0.4 is 0 Å². The minimum Gasteiger partial charge on any atom is -0.465 e. The number of ketones is 1. The first-order valence-corrected chi connectivity index (χ1v) is 9.08. The van der Waals surface area contributed by atoms with Gasteiger partial charge < -0.3 is 4.74 Å². The molecule has 1 aromatic rings. The fourth-order valence-electron chi connectivity index (χ4n) is 3.42. The van der Waals surface area contributed by atoms with Gasteiger partial charge in [-0.05, 0) is 61.3 Å². The number of Topliss-reactive ketones (excluding diaryl/α,β-unsaturated/α-hetero) is 1. The number of ether oxygens (including phenoxy) is 1. The zero-order chi connectivity index (χ0) is 18.4. The second kappa shape index (κ2) is 8.28. The Hall–Kier alpha value is -2.16. The van der Waals surface area contributed by atoms with Gasteiger partial charge >= 0.3 is 5.97 Å². The van der Waals surface area contributed by atoms with E-state index in [0.29, 0.717) is 30.8 Å². The molecule has 3 nitrogen and oxygen atoms in total. The van der Waals surface area contributed by atoms with Crippen LogP contribution >= 0.6 is 0 Å².